The van der Waals surface area contributed by atoms with Crippen molar-refractivity contribution in [3.05, 3.63) is 76.1 Å². The zero-order valence-corrected chi connectivity index (χ0v) is 18.9. The third-order valence-corrected chi connectivity index (χ3v) is 5.77. The van der Waals surface area contributed by atoms with E-state index in [-0.39, 0.29) is 11.7 Å². The Bertz CT molecular complexity index is 971. The van der Waals surface area contributed by atoms with Gasteiger partial charge >= 0.3 is 0 Å². The number of nitrogens with one attached hydrogen (secondary N) is 1. The Morgan fingerprint density at radius 1 is 1.21 bits per heavy atom. The van der Waals surface area contributed by atoms with E-state index in [1.807, 2.05) is 53.1 Å². The Kier molecular flexibility index (Phi) is 7.70. The minimum Gasteiger partial charge on any atom is -0.497 e. The van der Waals surface area contributed by atoms with E-state index in [1.165, 1.54) is 11.8 Å². The van der Waals surface area contributed by atoms with Crippen molar-refractivity contribution in [2.24, 2.45) is 0 Å². The van der Waals surface area contributed by atoms with E-state index >= 15 is 0 Å². The van der Waals surface area contributed by atoms with E-state index in [1.54, 1.807) is 13.2 Å². The number of anilines is 1. The average molecular weight is 520 g/mol. The van der Waals surface area contributed by atoms with Crippen molar-refractivity contribution in [1.29, 1.82) is 0 Å². The Hall–Kier alpha value is -2.33. The predicted molar refractivity (Wildman–Crippen MR) is 125 cm³/mol. The minimum absolute atomic E-state index is 0.0823. The number of amides is 1. The van der Waals surface area contributed by atoms with E-state index in [4.69, 9.17) is 4.74 Å². The highest BCUT2D eigenvalue weighted by Gasteiger charge is 2.14. The van der Waals surface area contributed by atoms with E-state index in [9.17, 15) is 4.79 Å². The topological polar surface area (TPSA) is 69.0 Å². The lowest BCUT2D eigenvalue weighted by Crippen LogP contribution is -2.14. The number of carbonyl (C=O) groups excluding carboxylic acids is 1. The standard InChI is InChI=1S/C21H21IN4O2S/c1-3-12-26-19(13-15-4-10-18(28-2)11-5-15)24-25-21(26)29-14-20(27)23-17-8-6-16(22)7-9-17/h3-11H,1,12-14H2,2H3,(H,23,27). The maximum absolute atomic E-state index is 12.3. The summed E-state index contributed by atoms with van der Waals surface area (Å²) >= 11 is 3.59. The maximum atomic E-state index is 12.3. The summed E-state index contributed by atoms with van der Waals surface area (Å²) in [5, 5.41) is 12.2. The van der Waals surface area contributed by atoms with Gasteiger partial charge in [0.1, 0.15) is 11.6 Å². The number of ether oxygens (including phenoxy) is 1. The van der Waals surface area contributed by atoms with Gasteiger partial charge in [-0.15, -0.1) is 16.8 Å². The smallest absolute Gasteiger partial charge is 0.234 e. The molecule has 0 fully saturated rings. The second kappa shape index (κ2) is 10.4. The Balaban J connectivity index is 1.64. The number of benzene rings is 2. The van der Waals surface area contributed by atoms with E-state index in [2.05, 4.69) is 44.7 Å². The van der Waals surface area contributed by atoms with Crippen LogP contribution in [0.4, 0.5) is 5.69 Å². The predicted octanol–water partition coefficient (Wildman–Crippen LogP) is 4.40. The fourth-order valence-electron chi connectivity index (χ4n) is 2.66. The van der Waals surface area contributed by atoms with Gasteiger partial charge in [0, 0.05) is 22.2 Å². The monoisotopic (exact) mass is 520 g/mol. The maximum Gasteiger partial charge on any atom is 0.234 e. The molecule has 0 spiro atoms. The van der Waals surface area contributed by atoms with Crippen molar-refractivity contribution in [2.75, 3.05) is 18.2 Å². The van der Waals surface area contributed by atoms with E-state index < -0.39 is 0 Å². The van der Waals surface area contributed by atoms with Gasteiger partial charge in [0.05, 0.1) is 12.9 Å². The molecule has 1 heterocycles. The molecule has 0 aliphatic heterocycles. The van der Waals surface area contributed by atoms with Crippen LogP contribution < -0.4 is 10.1 Å². The van der Waals surface area contributed by atoms with Crippen molar-refractivity contribution >= 4 is 45.9 Å². The molecular weight excluding hydrogens is 499 g/mol. The Morgan fingerprint density at radius 2 is 1.93 bits per heavy atom. The van der Waals surface area contributed by atoms with Gasteiger partial charge in [-0.1, -0.05) is 30.0 Å². The molecule has 0 aliphatic carbocycles. The van der Waals surface area contributed by atoms with Crippen LogP contribution in [-0.4, -0.2) is 33.5 Å². The van der Waals surface area contributed by atoms with Gasteiger partial charge in [-0.2, -0.15) is 0 Å². The zero-order chi connectivity index (χ0) is 20.6. The molecule has 1 N–H and O–H groups in total. The largest absolute Gasteiger partial charge is 0.497 e. The molecule has 0 saturated carbocycles. The highest BCUT2D eigenvalue weighted by molar-refractivity contribution is 14.1. The highest BCUT2D eigenvalue weighted by Crippen LogP contribution is 2.21. The van der Waals surface area contributed by atoms with Gasteiger partial charge < -0.3 is 14.6 Å². The number of thioether (sulfide) groups is 1. The average Bonchev–Trinajstić information content (AvgIpc) is 3.10. The number of nitrogens with zero attached hydrogens (tertiary/aromatic N) is 3. The molecule has 0 bridgehead atoms. The van der Waals surface area contributed by atoms with Crippen molar-refractivity contribution in [1.82, 2.24) is 14.8 Å². The van der Waals surface area contributed by atoms with Gasteiger partial charge in [0.15, 0.2) is 5.16 Å². The molecule has 1 aromatic heterocycles. The van der Waals surface area contributed by atoms with Crippen LogP contribution in [-0.2, 0) is 17.8 Å². The van der Waals surface area contributed by atoms with Crippen molar-refractivity contribution in [3.63, 3.8) is 0 Å². The molecule has 1 amide bonds. The number of halogens is 1. The summed E-state index contributed by atoms with van der Waals surface area (Å²) in [5.74, 6) is 1.82. The van der Waals surface area contributed by atoms with Crippen LogP contribution in [0.15, 0.2) is 66.3 Å². The summed E-state index contributed by atoms with van der Waals surface area (Å²) in [6, 6.07) is 15.5. The van der Waals surface area contributed by atoms with Gasteiger partial charge in [0.2, 0.25) is 5.91 Å². The summed E-state index contributed by atoms with van der Waals surface area (Å²) in [7, 11) is 1.65. The second-order valence-electron chi connectivity index (χ2n) is 6.17. The van der Waals surface area contributed by atoms with Crippen LogP contribution in [0.5, 0.6) is 5.75 Å². The molecule has 8 heteroatoms. The molecule has 2 aromatic carbocycles. The van der Waals surface area contributed by atoms with Crippen LogP contribution >= 0.6 is 34.4 Å². The number of hydrogen-bond donors (Lipinski definition) is 1. The molecule has 3 aromatic rings. The third-order valence-electron chi connectivity index (χ3n) is 4.09. The van der Waals surface area contributed by atoms with E-state index in [0.717, 1.165) is 26.4 Å². The highest BCUT2D eigenvalue weighted by atomic mass is 127. The van der Waals surface area contributed by atoms with Crippen LogP contribution in [0.3, 0.4) is 0 Å². The number of rotatable bonds is 9. The zero-order valence-electron chi connectivity index (χ0n) is 16.0. The molecule has 0 unspecified atom stereocenters. The number of methoxy groups -OCH3 is 1. The SMILES string of the molecule is C=CCn1c(Cc2ccc(OC)cc2)nnc1SCC(=O)Nc1ccc(I)cc1. The molecule has 0 aliphatic rings. The molecule has 3 rings (SSSR count). The quantitative estimate of drug-likeness (QED) is 0.258. The lowest BCUT2D eigenvalue weighted by atomic mass is 10.1. The Morgan fingerprint density at radius 3 is 2.59 bits per heavy atom. The lowest BCUT2D eigenvalue weighted by Gasteiger charge is -2.09. The molecular formula is C21H21IN4O2S. The van der Waals surface area contributed by atoms with Crippen molar-refractivity contribution in [3.8, 4) is 5.75 Å². The summed E-state index contributed by atoms with van der Waals surface area (Å²) in [6.07, 6.45) is 2.44. The number of allylic oxidation sites excluding steroid dienone is 1. The number of hydrogen-bond acceptors (Lipinski definition) is 5. The summed E-state index contributed by atoms with van der Waals surface area (Å²) in [4.78, 5) is 12.3. The lowest BCUT2D eigenvalue weighted by molar-refractivity contribution is -0.113. The van der Waals surface area contributed by atoms with E-state index in [0.29, 0.717) is 18.1 Å². The number of carbonyl (C=O) groups is 1. The first-order chi connectivity index (χ1) is 14.1. The van der Waals surface area contributed by atoms with Gasteiger partial charge in [-0.25, -0.2) is 0 Å². The Labute approximate surface area is 187 Å². The summed E-state index contributed by atoms with van der Waals surface area (Å²) < 4.78 is 8.31. The fraction of sp³-hybridized carbons (Fsp3) is 0.190. The van der Waals surface area contributed by atoms with Crippen LogP contribution in [0.1, 0.15) is 11.4 Å². The first kappa shape index (κ1) is 21.4. The first-order valence-corrected chi connectivity index (χ1v) is 11.0. The van der Waals surface area contributed by atoms with Crippen LogP contribution in [0, 0.1) is 3.57 Å². The van der Waals surface area contributed by atoms with Gasteiger partial charge in [-0.05, 0) is 64.6 Å². The molecule has 150 valence electrons. The summed E-state index contributed by atoms with van der Waals surface area (Å²) in [5.41, 5.74) is 1.89. The second-order valence-corrected chi connectivity index (χ2v) is 8.35. The minimum atomic E-state index is -0.0823. The fourth-order valence-corrected chi connectivity index (χ4v) is 3.78. The molecule has 0 radical (unpaired) electrons. The van der Waals surface area contributed by atoms with Crippen molar-refractivity contribution in [2.45, 2.75) is 18.1 Å². The number of aromatic nitrogens is 3. The van der Waals surface area contributed by atoms with Crippen LogP contribution in [0.25, 0.3) is 0 Å². The van der Waals surface area contributed by atoms with Crippen LogP contribution in [0.2, 0.25) is 0 Å². The molecule has 0 atom stereocenters. The third kappa shape index (κ3) is 6.07. The molecule has 0 saturated heterocycles. The normalized spacial score (nSPS) is 10.6. The summed E-state index contributed by atoms with van der Waals surface area (Å²) in [6.45, 7) is 4.41. The van der Waals surface area contributed by atoms with Gasteiger partial charge in [0.25, 0.3) is 0 Å². The van der Waals surface area contributed by atoms with Crippen molar-refractivity contribution < 1.29 is 9.53 Å². The van der Waals surface area contributed by atoms with Gasteiger partial charge in [-0.3, -0.25) is 4.79 Å². The molecule has 29 heavy (non-hydrogen) atoms. The molecule has 6 nitrogen and oxygen atoms in total. The first-order valence-electron chi connectivity index (χ1n) is 8.93.